The molecule has 0 unspecified atom stereocenters. The quantitative estimate of drug-likeness (QED) is 0.536. The number of fused-ring (bicyclic) bond motifs is 1. The molecule has 2 aromatic carbocycles. The normalized spacial score (nSPS) is 21.8. The predicted molar refractivity (Wildman–Crippen MR) is 125 cm³/mol. The summed E-state index contributed by atoms with van der Waals surface area (Å²) in [4.78, 5) is 11.8. The molecule has 0 radical (unpaired) electrons. The highest BCUT2D eigenvalue weighted by atomic mass is 35.5. The second-order valence-corrected chi connectivity index (χ2v) is 9.73. The van der Waals surface area contributed by atoms with Crippen LogP contribution in [-0.4, -0.2) is 35.6 Å². The van der Waals surface area contributed by atoms with Gasteiger partial charge in [0.2, 0.25) is 0 Å². The maximum Gasteiger partial charge on any atom is 0.159 e. The van der Waals surface area contributed by atoms with Gasteiger partial charge in [0.05, 0.1) is 5.02 Å². The number of benzene rings is 2. The lowest BCUT2D eigenvalue weighted by Crippen LogP contribution is -2.43. The molecule has 0 aliphatic carbocycles. The van der Waals surface area contributed by atoms with Crippen molar-refractivity contribution in [3.05, 3.63) is 52.3 Å². The van der Waals surface area contributed by atoms with Crippen LogP contribution in [0.1, 0.15) is 44.0 Å². The average molecular weight is 457 g/mol. The van der Waals surface area contributed by atoms with E-state index in [1.54, 1.807) is 25.1 Å². The summed E-state index contributed by atoms with van der Waals surface area (Å²) in [5.41, 5.74) is 1.09. The molecule has 4 nitrogen and oxygen atoms in total. The number of piperidine rings is 1. The lowest BCUT2D eigenvalue weighted by molar-refractivity contribution is 0.386. The molecule has 3 heterocycles. The number of nitrogens with zero attached hydrogens (tertiary/aromatic N) is 3. The summed E-state index contributed by atoms with van der Waals surface area (Å²) in [5.74, 6) is 0.940. The number of anilines is 1. The van der Waals surface area contributed by atoms with Gasteiger partial charge in [0, 0.05) is 48.1 Å². The molecule has 3 aromatic rings. The van der Waals surface area contributed by atoms with Gasteiger partial charge >= 0.3 is 0 Å². The molecular formula is C25H27ClF2N4. The Morgan fingerprint density at radius 3 is 2.56 bits per heavy atom. The first-order chi connectivity index (χ1) is 15.3. The summed E-state index contributed by atoms with van der Waals surface area (Å²) >= 11 is 6.61. The van der Waals surface area contributed by atoms with Gasteiger partial charge in [-0.3, -0.25) is 0 Å². The van der Waals surface area contributed by atoms with E-state index in [2.05, 4.69) is 29.0 Å². The van der Waals surface area contributed by atoms with Crippen molar-refractivity contribution in [1.82, 2.24) is 15.3 Å². The Hall–Kier alpha value is -2.31. The smallest absolute Gasteiger partial charge is 0.159 e. The van der Waals surface area contributed by atoms with Crippen molar-refractivity contribution in [2.75, 3.05) is 24.5 Å². The molecule has 1 N–H and O–H groups in total. The summed E-state index contributed by atoms with van der Waals surface area (Å²) in [6.45, 7) is 8.55. The molecule has 168 valence electrons. The summed E-state index contributed by atoms with van der Waals surface area (Å²) < 4.78 is 30.8. The summed E-state index contributed by atoms with van der Waals surface area (Å²) in [6.07, 6.45) is 2.21. The minimum absolute atomic E-state index is 0.0668. The lowest BCUT2D eigenvalue weighted by Gasteiger charge is -2.39. The van der Waals surface area contributed by atoms with Crippen molar-refractivity contribution in [1.29, 1.82) is 0 Å². The number of hydrogen-bond acceptors (Lipinski definition) is 4. The third-order valence-electron chi connectivity index (χ3n) is 6.89. The van der Waals surface area contributed by atoms with E-state index < -0.39 is 11.6 Å². The van der Waals surface area contributed by atoms with Gasteiger partial charge in [0.1, 0.15) is 23.0 Å². The van der Waals surface area contributed by atoms with E-state index in [-0.39, 0.29) is 33.6 Å². The van der Waals surface area contributed by atoms with Gasteiger partial charge in [-0.05, 0) is 50.3 Å². The van der Waals surface area contributed by atoms with Crippen molar-refractivity contribution >= 4 is 28.3 Å². The maximum atomic E-state index is 16.1. The molecule has 0 amide bonds. The Balaban J connectivity index is 1.78. The van der Waals surface area contributed by atoms with Crippen LogP contribution in [0.15, 0.2) is 24.3 Å². The number of aryl methyl sites for hydroxylation is 1. The van der Waals surface area contributed by atoms with E-state index in [1.165, 1.54) is 6.07 Å². The van der Waals surface area contributed by atoms with Crippen molar-refractivity contribution in [3.63, 3.8) is 0 Å². The number of hydrogen-bond donors (Lipinski definition) is 1. The van der Waals surface area contributed by atoms with Crippen LogP contribution in [0.25, 0.3) is 22.0 Å². The van der Waals surface area contributed by atoms with Crippen molar-refractivity contribution < 1.29 is 8.78 Å². The van der Waals surface area contributed by atoms with Gasteiger partial charge in [-0.2, -0.15) is 0 Å². The fourth-order valence-corrected chi connectivity index (χ4v) is 5.12. The van der Waals surface area contributed by atoms with Crippen LogP contribution in [0, 0.1) is 24.5 Å². The van der Waals surface area contributed by atoms with Crippen LogP contribution in [0.4, 0.5) is 14.6 Å². The highest BCUT2D eigenvalue weighted by molar-refractivity contribution is 6.34. The van der Waals surface area contributed by atoms with Gasteiger partial charge in [-0.1, -0.05) is 30.7 Å². The van der Waals surface area contributed by atoms with Gasteiger partial charge in [-0.25, -0.2) is 18.7 Å². The van der Waals surface area contributed by atoms with Gasteiger partial charge in [-0.15, -0.1) is 0 Å². The fourth-order valence-electron chi connectivity index (χ4n) is 4.83. The van der Waals surface area contributed by atoms with Crippen LogP contribution >= 0.6 is 11.6 Å². The van der Waals surface area contributed by atoms with Crippen LogP contribution in [-0.2, 0) is 0 Å². The largest absolute Gasteiger partial charge is 0.353 e. The number of rotatable bonds is 3. The van der Waals surface area contributed by atoms with E-state index in [1.807, 2.05) is 0 Å². The zero-order chi connectivity index (χ0) is 22.6. The molecular weight excluding hydrogens is 430 g/mol. The van der Waals surface area contributed by atoms with Gasteiger partial charge in [0.15, 0.2) is 5.82 Å². The Morgan fingerprint density at radius 1 is 1.09 bits per heavy atom. The zero-order valence-corrected chi connectivity index (χ0v) is 19.3. The third-order valence-corrected chi connectivity index (χ3v) is 7.19. The van der Waals surface area contributed by atoms with Crippen molar-refractivity contribution in [2.24, 2.45) is 5.92 Å². The molecule has 2 aliphatic heterocycles. The van der Waals surface area contributed by atoms with E-state index >= 15 is 4.39 Å². The van der Waals surface area contributed by atoms with E-state index in [9.17, 15) is 4.39 Å². The first-order valence-corrected chi connectivity index (χ1v) is 11.7. The SMILES string of the molecule is Cc1cccc(F)c1-c1c(Cl)cc2c(N3C[C@@H](C)CC[C@@H]3C)nc(C3CNC3)nc2c1F. The molecule has 32 heavy (non-hydrogen) atoms. The van der Waals surface area contributed by atoms with Crippen LogP contribution in [0.5, 0.6) is 0 Å². The summed E-state index contributed by atoms with van der Waals surface area (Å²) in [7, 11) is 0. The molecule has 0 bridgehead atoms. The standard InChI is InChI=1S/C25H27ClF2N4/c1-13-7-8-15(3)32(12-13)25-17-9-18(26)21(20-14(2)5-4-6-19(20)27)22(28)23(17)30-24(31-25)16-10-29-11-16/h4-6,9,13,15-16,29H,7-8,10-12H2,1-3H3/t13-,15-/m0/s1. The summed E-state index contributed by atoms with van der Waals surface area (Å²) in [6, 6.07) is 6.70. The molecule has 2 aliphatic rings. The lowest BCUT2D eigenvalue weighted by atomic mass is 9.94. The van der Waals surface area contributed by atoms with Crippen LogP contribution < -0.4 is 10.2 Å². The molecule has 2 fully saturated rings. The number of halogens is 3. The Kier molecular flexibility index (Phi) is 5.54. The van der Waals surface area contributed by atoms with Gasteiger partial charge in [0.25, 0.3) is 0 Å². The summed E-state index contributed by atoms with van der Waals surface area (Å²) in [5, 5.41) is 4.00. The van der Waals surface area contributed by atoms with Crippen molar-refractivity contribution in [3.8, 4) is 11.1 Å². The van der Waals surface area contributed by atoms with E-state index in [0.29, 0.717) is 22.7 Å². The topological polar surface area (TPSA) is 41.1 Å². The number of aromatic nitrogens is 2. The van der Waals surface area contributed by atoms with E-state index in [0.717, 1.165) is 38.3 Å². The molecule has 7 heteroatoms. The Labute approximate surface area is 192 Å². The third kappa shape index (κ3) is 3.54. The first kappa shape index (κ1) is 21.5. The monoisotopic (exact) mass is 456 g/mol. The molecule has 2 atom stereocenters. The van der Waals surface area contributed by atoms with Gasteiger partial charge < -0.3 is 10.2 Å². The first-order valence-electron chi connectivity index (χ1n) is 11.3. The molecule has 0 spiro atoms. The predicted octanol–water partition coefficient (Wildman–Crippen LogP) is 5.85. The van der Waals surface area contributed by atoms with E-state index in [4.69, 9.17) is 16.6 Å². The van der Waals surface area contributed by atoms with Crippen LogP contribution in [0.3, 0.4) is 0 Å². The highest BCUT2D eigenvalue weighted by Crippen LogP contribution is 2.41. The average Bonchev–Trinajstić information content (AvgIpc) is 2.71. The minimum atomic E-state index is -0.587. The highest BCUT2D eigenvalue weighted by Gasteiger charge is 2.31. The molecule has 0 saturated carbocycles. The minimum Gasteiger partial charge on any atom is -0.353 e. The second-order valence-electron chi connectivity index (χ2n) is 9.32. The fraction of sp³-hybridized carbons (Fsp3) is 0.440. The second kappa shape index (κ2) is 8.23. The molecule has 2 saturated heterocycles. The Morgan fingerprint density at radius 2 is 1.88 bits per heavy atom. The van der Waals surface area contributed by atoms with Crippen molar-refractivity contribution in [2.45, 2.75) is 45.6 Å². The molecule has 1 aromatic heterocycles. The Bertz CT molecular complexity index is 1170. The zero-order valence-electron chi connectivity index (χ0n) is 18.6. The van der Waals surface area contributed by atoms with Crippen LogP contribution in [0.2, 0.25) is 5.02 Å². The maximum absolute atomic E-state index is 16.1. The molecule has 5 rings (SSSR count). The number of nitrogens with one attached hydrogen (secondary N) is 1.